The Morgan fingerprint density at radius 2 is 2.25 bits per heavy atom. The maximum atomic E-state index is 13.8. The first-order chi connectivity index (χ1) is 7.61. The summed E-state index contributed by atoms with van der Waals surface area (Å²) in [5.74, 6) is -0.428. The topological polar surface area (TPSA) is 33.1 Å². The lowest BCUT2D eigenvalue weighted by Crippen LogP contribution is -2.02. The summed E-state index contributed by atoms with van der Waals surface area (Å²) >= 11 is 4.42. The first kappa shape index (κ1) is 11.7. The predicted octanol–water partition coefficient (Wildman–Crippen LogP) is 3.43. The molecule has 1 aromatic heterocycles. The molecule has 0 bridgehead atoms. The zero-order valence-corrected chi connectivity index (χ0v) is 10.8. The first-order valence-corrected chi connectivity index (χ1v) is 6.30. The van der Waals surface area contributed by atoms with Crippen molar-refractivity contribution in [3.05, 3.63) is 50.1 Å². The molecule has 0 amide bonds. The van der Waals surface area contributed by atoms with Crippen LogP contribution in [0.5, 0.6) is 0 Å². The van der Waals surface area contributed by atoms with Crippen LogP contribution in [0.25, 0.3) is 0 Å². The minimum Gasteiger partial charge on any atom is -0.383 e. The monoisotopic (exact) mass is 301 g/mol. The highest BCUT2D eigenvalue weighted by atomic mass is 79.9. The fourth-order valence-electron chi connectivity index (χ4n) is 1.45. The summed E-state index contributed by atoms with van der Waals surface area (Å²) in [7, 11) is 0. The normalized spacial score (nSPS) is 12.8. The summed E-state index contributed by atoms with van der Waals surface area (Å²) in [5.41, 5.74) is 2.64. The van der Waals surface area contributed by atoms with Gasteiger partial charge in [0.25, 0.3) is 0 Å². The molecule has 0 aliphatic heterocycles. The van der Waals surface area contributed by atoms with Gasteiger partial charge in [-0.3, -0.25) is 0 Å². The Morgan fingerprint density at radius 1 is 1.50 bits per heavy atom. The SMILES string of the molecule is Cc1ncsc1C(O)c1cccc(Br)c1F. The number of nitrogens with zero attached hydrogens (tertiary/aromatic N) is 1. The third kappa shape index (κ3) is 2.03. The van der Waals surface area contributed by atoms with Crippen LogP contribution in [0.15, 0.2) is 28.2 Å². The maximum Gasteiger partial charge on any atom is 0.143 e. The number of aromatic nitrogens is 1. The molecule has 0 aliphatic rings. The molecule has 2 aromatic rings. The molecule has 2 rings (SSSR count). The van der Waals surface area contributed by atoms with Crippen LogP contribution in [0.1, 0.15) is 22.2 Å². The van der Waals surface area contributed by atoms with E-state index >= 15 is 0 Å². The summed E-state index contributed by atoms with van der Waals surface area (Å²) < 4.78 is 14.1. The Bertz CT molecular complexity index is 514. The van der Waals surface area contributed by atoms with Crippen LogP contribution < -0.4 is 0 Å². The molecule has 0 radical (unpaired) electrons. The van der Waals surface area contributed by atoms with Crippen LogP contribution in [0, 0.1) is 12.7 Å². The highest BCUT2D eigenvalue weighted by molar-refractivity contribution is 9.10. The molecule has 1 atom stereocenters. The van der Waals surface area contributed by atoms with E-state index in [1.165, 1.54) is 11.3 Å². The van der Waals surface area contributed by atoms with Gasteiger partial charge in [0, 0.05) is 5.56 Å². The van der Waals surface area contributed by atoms with Gasteiger partial charge in [0.15, 0.2) is 0 Å². The minimum absolute atomic E-state index is 0.265. The van der Waals surface area contributed by atoms with E-state index in [2.05, 4.69) is 20.9 Å². The molecular weight excluding hydrogens is 293 g/mol. The zero-order chi connectivity index (χ0) is 11.7. The lowest BCUT2D eigenvalue weighted by atomic mass is 10.1. The van der Waals surface area contributed by atoms with E-state index in [1.807, 2.05) is 0 Å². The highest BCUT2D eigenvalue weighted by Gasteiger charge is 2.19. The molecule has 0 aliphatic carbocycles. The molecule has 84 valence electrons. The summed E-state index contributed by atoms with van der Waals surface area (Å²) in [6, 6.07) is 4.87. The van der Waals surface area contributed by atoms with Gasteiger partial charge >= 0.3 is 0 Å². The van der Waals surface area contributed by atoms with Crippen molar-refractivity contribution in [3.8, 4) is 0 Å². The summed E-state index contributed by atoms with van der Waals surface area (Å²) in [5, 5.41) is 10.1. The number of aliphatic hydroxyl groups excluding tert-OH is 1. The van der Waals surface area contributed by atoms with Crippen LogP contribution in [0.3, 0.4) is 0 Å². The molecule has 1 N–H and O–H groups in total. The molecule has 2 nitrogen and oxygen atoms in total. The van der Waals surface area contributed by atoms with Crippen molar-refractivity contribution in [2.45, 2.75) is 13.0 Å². The van der Waals surface area contributed by atoms with Crippen molar-refractivity contribution in [1.82, 2.24) is 4.98 Å². The Balaban J connectivity index is 2.46. The van der Waals surface area contributed by atoms with Gasteiger partial charge in [0.2, 0.25) is 0 Å². The Kier molecular flexibility index (Phi) is 3.37. The molecule has 1 heterocycles. The van der Waals surface area contributed by atoms with Crippen molar-refractivity contribution < 1.29 is 9.50 Å². The molecular formula is C11H9BrFNOS. The number of hydrogen-bond acceptors (Lipinski definition) is 3. The molecule has 1 unspecified atom stereocenters. The van der Waals surface area contributed by atoms with Crippen molar-refractivity contribution >= 4 is 27.3 Å². The van der Waals surface area contributed by atoms with Gasteiger partial charge < -0.3 is 5.11 Å². The van der Waals surface area contributed by atoms with Crippen molar-refractivity contribution in [2.75, 3.05) is 0 Å². The van der Waals surface area contributed by atoms with Crippen molar-refractivity contribution in [2.24, 2.45) is 0 Å². The number of rotatable bonds is 2. The number of hydrogen-bond donors (Lipinski definition) is 1. The molecule has 16 heavy (non-hydrogen) atoms. The van der Waals surface area contributed by atoms with Crippen LogP contribution in [0.2, 0.25) is 0 Å². The third-order valence-corrected chi connectivity index (χ3v) is 3.90. The molecule has 0 saturated heterocycles. The van der Waals surface area contributed by atoms with Gasteiger partial charge in [-0.25, -0.2) is 9.37 Å². The molecule has 5 heteroatoms. The smallest absolute Gasteiger partial charge is 0.143 e. The van der Waals surface area contributed by atoms with E-state index < -0.39 is 11.9 Å². The van der Waals surface area contributed by atoms with Crippen LogP contribution in [-0.2, 0) is 0 Å². The third-order valence-electron chi connectivity index (χ3n) is 2.31. The number of aryl methyl sites for hydroxylation is 1. The maximum absolute atomic E-state index is 13.8. The number of benzene rings is 1. The minimum atomic E-state index is -0.954. The molecule has 0 saturated carbocycles. The van der Waals surface area contributed by atoms with Gasteiger partial charge in [-0.2, -0.15) is 0 Å². The van der Waals surface area contributed by atoms with Crippen molar-refractivity contribution in [3.63, 3.8) is 0 Å². The number of aliphatic hydroxyl groups is 1. The largest absolute Gasteiger partial charge is 0.383 e. The summed E-state index contributed by atoms with van der Waals surface area (Å²) in [6.07, 6.45) is -0.954. The van der Waals surface area contributed by atoms with E-state index in [-0.39, 0.29) is 5.56 Å². The van der Waals surface area contributed by atoms with E-state index in [9.17, 15) is 9.50 Å². The summed E-state index contributed by atoms with van der Waals surface area (Å²) in [6.45, 7) is 1.80. The van der Waals surface area contributed by atoms with Gasteiger partial charge in [-0.15, -0.1) is 11.3 Å². The fourth-order valence-corrected chi connectivity index (χ4v) is 2.63. The first-order valence-electron chi connectivity index (χ1n) is 4.63. The molecule has 0 fully saturated rings. The average Bonchev–Trinajstić information content (AvgIpc) is 2.68. The Labute approximate surface area is 105 Å². The van der Waals surface area contributed by atoms with Gasteiger partial charge in [0.05, 0.1) is 20.6 Å². The predicted molar refractivity (Wildman–Crippen MR) is 65.0 cm³/mol. The Hall–Kier alpha value is -0.780. The van der Waals surface area contributed by atoms with Gasteiger partial charge in [0.1, 0.15) is 11.9 Å². The second-order valence-electron chi connectivity index (χ2n) is 3.35. The van der Waals surface area contributed by atoms with E-state index in [1.54, 1.807) is 30.6 Å². The average molecular weight is 302 g/mol. The standard InChI is InChI=1S/C11H9BrFNOS/c1-6-11(16-5-14-6)10(15)7-3-2-4-8(12)9(7)13/h2-5,10,15H,1H3. The number of halogens is 2. The van der Waals surface area contributed by atoms with Crippen LogP contribution in [0.4, 0.5) is 4.39 Å². The Morgan fingerprint density at radius 3 is 2.88 bits per heavy atom. The van der Waals surface area contributed by atoms with E-state index in [4.69, 9.17) is 0 Å². The highest BCUT2D eigenvalue weighted by Crippen LogP contribution is 2.31. The van der Waals surface area contributed by atoms with Gasteiger partial charge in [-0.05, 0) is 28.9 Å². The fraction of sp³-hybridized carbons (Fsp3) is 0.182. The van der Waals surface area contributed by atoms with E-state index in [0.29, 0.717) is 9.35 Å². The lowest BCUT2D eigenvalue weighted by Gasteiger charge is -2.11. The number of thiazole rings is 1. The second-order valence-corrected chi connectivity index (χ2v) is 5.09. The quantitative estimate of drug-likeness (QED) is 0.922. The van der Waals surface area contributed by atoms with E-state index in [0.717, 1.165) is 5.69 Å². The lowest BCUT2D eigenvalue weighted by molar-refractivity contribution is 0.217. The van der Waals surface area contributed by atoms with Gasteiger partial charge in [-0.1, -0.05) is 12.1 Å². The van der Waals surface area contributed by atoms with Crippen molar-refractivity contribution in [1.29, 1.82) is 0 Å². The van der Waals surface area contributed by atoms with Crippen LogP contribution in [-0.4, -0.2) is 10.1 Å². The second kappa shape index (κ2) is 4.61. The zero-order valence-electron chi connectivity index (χ0n) is 8.45. The molecule has 0 spiro atoms. The van der Waals surface area contributed by atoms with Crippen LogP contribution >= 0.6 is 27.3 Å². The molecule has 1 aromatic carbocycles. The summed E-state index contributed by atoms with van der Waals surface area (Å²) in [4.78, 5) is 4.72.